The summed E-state index contributed by atoms with van der Waals surface area (Å²) in [5.41, 5.74) is 3.13. The second-order valence-electron chi connectivity index (χ2n) is 7.19. The monoisotopic (exact) mass is 428 g/mol. The van der Waals surface area contributed by atoms with Crippen molar-refractivity contribution < 1.29 is 17.7 Å². The second kappa shape index (κ2) is 8.66. The van der Waals surface area contributed by atoms with Gasteiger partial charge in [0, 0.05) is 12.6 Å². The lowest BCUT2D eigenvalue weighted by Gasteiger charge is -2.25. The van der Waals surface area contributed by atoms with Crippen LogP contribution in [0.25, 0.3) is 11.4 Å². The lowest BCUT2D eigenvalue weighted by atomic mass is 10.1. The van der Waals surface area contributed by atoms with E-state index in [4.69, 9.17) is 4.52 Å². The molecule has 9 heteroatoms. The van der Waals surface area contributed by atoms with Gasteiger partial charge in [0.15, 0.2) is 0 Å². The molecular weight excluding hydrogens is 404 g/mol. The van der Waals surface area contributed by atoms with Crippen molar-refractivity contribution in [3.8, 4) is 11.4 Å². The van der Waals surface area contributed by atoms with Crippen LogP contribution in [0.2, 0.25) is 0 Å². The van der Waals surface area contributed by atoms with Gasteiger partial charge in [-0.15, -0.1) is 0 Å². The minimum absolute atomic E-state index is 0.0724. The Hall–Kier alpha value is -3.20. The van der Waals surface area contributed by atoms with E-state index in [-0.39, 0.29) is 24.9 Å². The Bertz CT molecular complexity index is 1160. The Labute approximate surface area is 176 Å². The molecule has 0 radical (unpaired) electrons. The highest BCUT2D eigenvalue weighted by Crippen LogP contribution is 2.22. The van der Waals surface area contributed by atoms with Crippen LogP contribution in [0.1, 0.15) is 17.0 Å². The number of carbonyl (C=O) groups is 1. The van der Waals surface area contributed by atoms with Gasteiger partial charge in [0.1, 0.15) is 6.54 Å². The highest BCUT2D eigenvalue weighted by atomic mass is 32.2. The van der Waals surface area contributed by atoms with Gasteiger partial charge in [-0.05, 0) is 31.5 Å². The zero-order chi connectivity index (χ0) is 21.9. The minimum Gasteiger partial charge on any atom is -0.337 e. The number of amides is 1. The number of hydrogen-bond acceptors (Lipinski definition) is 6. The van der Waals surface area contributed by atoms with E-state index in [0.717, 1.165) is 27.3 Å². The first kappa shape index (κ1) is 21.5. The van der Waals surface area contributed by atoms with Gasteiger partial charge < -0.3 is 9.42 Å². The normalized spacial score (nSPS) is 11.3. The summed E-state index contributed by atoms with van der Waals surface area (Å²) in [4.78, 5) is 18.4. The number of anilines is 1. The fourth-order valence-electron chi connectivity index (χ4n) is 2.98. The molecule has 0 saturated carbocycles. The second-order valence-corrected chi connectivity index (χ2v) is 9.09. The third kappa shape index (κ3) is 5.04. The van der Waals surface area contributed by atoms with Gasteiger partial charge in [-0.2, -0.15) is 4.98 Å². The number of benzene rings is 2. The number of para-hydroxylation sites is 1. The largest absolute Gasteiger partial charge is 0.337 e. The predicted molar refractivity (Wildman–Crippen MR) is 114 cm³/mol. The van der Waals surface area contributed by atoms with Gasteiger partial charge in [-0.1, -0.05) is 47.1 Å². The molecule has 0 unspecified atom stereocenters. The number of likely N-dealkylation sites (N-methyl/N-ethyl adjacent to an activating group) is 1. The Morgan fingerprint density at radius 1 is 1.10 bits per heavy atom. The van der Waals surface area contributed by atoms with Crippen LogP contribution in [-0.2, 0) is 21.4 Å². The van der Waals surface area contributed by atoms with Crippen molar-refractivity contribution in [2.45, 2.75) is 20.4 Å². The number of carbonyl (C=O) groups excluding carboxylic acids is 1. The van der Waals surface area contributed by atoms with Crippen molar-refractivity contribution in [1.82, 2.24) is 15.0 Å². The molecule has 1 amide bonds. The molecule has 3 aromatic rings. The van der Waals surface area contributed by atoms with Crippen LogP contribution >= 0.6 is 0 Å². The zero-order valence-corrected chi connectivity index (χ0v) is 18.2. The average Bonchev–Trinajstić information content (AvgIpc) is 3.14. The molecule has 0 aliphatic rings. The molecule has 0 fully saturated rings. The molecule has 0 atom stereocenters. The molecule has 0 N–H and O–H groups in total. The summed E-state index contributed by atoms with van der Waals surface area (Å²) in [7, 11) is -2.08. The standard InChI is InChI=1S/C21H24N4O4S/c1-15-8-7-10-17(12-15)21-22-19(29-23-21)13-24(3)20(26)14-25(30(4,27)28)18-11-6-5-9-16(18)2/h5-12H,13-14H2,1-4H3. The van der Waals surface area contributed by atoms with E-state index in [1.165, 1.54) is 4.90 Å². The molecule has 30 heavy (non-hydrogen) atoms. The molecule has 3 rings (SSSR count). The van der Waals surface area contributed by atoms with E-state index in [1.807, 2.05) is 37.3 Å². The SMILES string of the molecule is Cc1cccc(-c2noc(CN(C)C(=O)CN(c3ccccc3C)S(C)(=O)=O)n2)c1. The average molecular weight is 429 g/mol. The summed E-state index contributed by atoms with van der Waals surface area (Å²) in [6.07, 6.45) is 1.08. The molecule has 158 valence electrons. The van der Waals surface area contributed by atoms with Gasteiger partial charge in [0.2, 0.25) is 27.6 Å². The Kier molecular flexibility index (Phi) is 6.21. The highest BCUT2D eigenvalue weighted by Gasteiger charge is 2.24. The first-order chi connectivity index (χ1) is 14.1. The quantitative estimate of drug-likeness (QED) is 0.574. The number of aryl methyl sites for hydroxylation is 2. The number of rotatable bonds is 7. The molecule has 2 aromatic carbocycles. The van der Waals surface area contributed by atoms with E-state index < -0.39 is 10.0 Å². The topological polar surface area (TPSA) is 96.6 Å². The predicted octanol–water partition coefficient (Wildman–Crippen LogP) is 2.78. The number of aromatic nitrogens is 2. The summed E-state index contributed by atoms with van der Waals surface area (Å²) in [5.74, 6) is 0.315. The third-order valence-electron chi connectivity index (χ3n) is 4.61. The first-order valence-electron chi connectivity index (χ1n) is 9.32. The maximum absolute atomic E-state index is 12.7. The molecule has 0 bridgehead atoms. The van der Waals surface area contributed by atoms with E-state index in [0.29, 0.717) is 11.5 Å². The fraction of sp³-hybridized carbons (Fsp3) is 0.286. The highest BCUT2D eigenvalue weighted by molar-refractivity contribution is 7.92. The van der Waals surface area contributed by atoms with Crippen molar-refractivity contribution in [1.29, 1.82) is 0 Å². The van der Waals surface area contributed by atoms with Crippen LogP contribution in [-0.4, -0.2) is 49.2 Å². The van der Waals surface area contributed by atoms with Gasteiger partial charge in [0.25, 0.3) is 0 Å². The molecule has 0 spiro atoms. The van der Waals surface area contributed by atoms with Crippen LogP contribution in [0.5, 0.6) is 0 Å². The van der Waals surface area contributed by atoms with Gasteiger partial charge in [-0.25, -0.2) is 8.42 Å². The summed E-state index contributed by atoms with van der Waals surface area (Å²) in [6.45, 7) is 3.52. The number of sulfonamides is 1. The minimum atomic E-state index is -3.64. The van der Waals surface area contributed by atoms with Crippen molar-refractivity contribution in [3.63, 3.8) is 0 Å². The molecule has 0 aliphatic carbocycles. The third-order valence-corrected chi connectivity index (χ3v) is 5.73. The molecule has 0 aliphatic heterocycles. The van der Waals surface area contributed by atoms with E-state index >= 15 is 0 Å². The zero-order valence-electron chi connectivity index (χ0n) is 17.4. The van der Waals surface area contributed by atoms with Crippen LogP contribution in [0.4, 0.5) is 5.69 Å². The first-order valence-corrected chi connectivity index (χ1v) is 11.2. The van der Waals surface area contributed by atoms with Crippen LogP contribution in [0.15, 0.2) is 53.1 Å². The van der Waals surface area contributed by atoms with Crippen LogP contribution in [0.3, 0.4) is 0 Å². The van der Waals surface area contributed by atoms with Crippen molar-refractivity contribution >= 4 is 21.6 Å². The van der Waals surface area contributed by atoms with E-state index in [1.54, 1.807) is 32.2 Å². The van der Waals surface area contributed by atoms with Crippen molar-refractivity contribution in [3.05, 3.63) is 65.5 Å². The molecule has 1 heterocycles. The summed E-state index contributed by atoms with van der Waals surface area (Å²) >= 11 is 0. The van der Waals surface area contributed by atoms with Gasteiger partial charge >= 0.3 is 0 Å². The van der Waals surface area contributed by atoms with E-state index in [9.17, 15) is 13.2 Å². The molecule has 1 aromatic heterocycles. The number of nitrogens with zero attached hydrogens (tertiary/aromatic N) is 4. The number of hydrogen-bond donors (Lipinski definition) is 0. The Balaban J connectivity index is 1.73. The van der Waals surface area contributed by atoms with Gasteiger partial charge in [-0.3, -0.25) is 9.10 Å². The van der Waals surface area contributed by atoms with Crippen LogP contribution < -0.4 is 4.31 Å². The van der Waals surface area contributed by atoms with Gasteiger partial charge in [0.05, 0.1) is 18.5 Å². The lowest BCUT2D eigenvalue weighted by molar-refractivity contribution is -0.129. The van der Waals surface area contributed by atoms with Crippen LogP contribution in [0, 0.1) is 13.8 Å². The summed E-state index contributed by atoms with van der Waals surface area (Å²) in [6, 6.07) is 14.7. The Morgan fingerprint density at radius 2 is 1.83 bits per heavy atom. The summed E-state index contributed by atoms with van der Waals surface area (Å²) < 4.78 is 31.0. The summed E-state index contributed by atoms with van der Waals surface area (Å²) in [5, 5.41) is 3.97. The van der Waals surface area contributed by atoms with Crippen molar-refractivity contribution in [2.75, 3.05) is 24.2 Å². The van der Waals surface area contributed by atoms with Crippen molar-refractivity contribution in [2.24, 2.45) is 0 Å². The molecule has 8 nitrogen and oxygen atoms in total. The smallest absolute Gasteiger partial charge is 0.246 e. The van der Waals surface area contributed by atoms with E-state index in [2.05, 4.69) is 10.1 Å². The molecule has 0 saturated heterocycles. The fourth-order valence-corrected chi connectivity index (χ4v) is 3.89. The maximum atomic E-state index is 12.7. The lowest BCUT2D eigenvalue weighted by Crippen LogP contribution is -2.41. The maximum Gasteiger partial charge on any atom is 0.246 e. The Morgan fingerprint density at radius 3 is 2.50 bits per heavy atom. The molecular formula is C21H24N4O4S.